The Bertz CT molecular complexity index is 482. The van der Waals surface area contributed by atoms with E-state index < -0.39 is 0 Å². The fraction of sp³-hybridized carbons (Fsp3) is 0.357. The summed E-state index contributed by atoms with van der Waals surface area (Å²) in [6.45, 7) is 4.28. The Morgan fingerprint density at radius 3 is 2.72 bits per heavy atom. The summed E-state index contributed by atoms with van der Waals surface area (Å²) in [6.07, 6.45) is 2.68. The lowest BCUT2D eigenvalue weighted by molar-refractivity contribution is 0.469. The average molecular weight is 264 g/mol. The number of halogens is 1. The van der Waals surface area contributed by atoms with Crippen LogP contribution in [0.1, 0.15) is 31.1 Å². The third kappa shape index (κ3) is 3.34. The van der Waals surface area contributed by atoms with E-state index >= 15 is 0 Å². The summed E-state index contributed by atoms with van der Waals surface area (Å²) < 4.78 is 0. The van der Waals surface area contributed by atoms with Crippen LogP contribution in [0.4, 0.5) is 0 Å². The molecule has 1 aromatic carbocycles. The van der Waals surface area contributed by atoms with Crippen LogP contribution in [0.25, 0.3) is 0 Å². The van der Waals surface area contributed by atoms with Crippen molar-refractivity contribution in [3.8, 4) is 0 Å². The van der Waals surface area contributed by atoms with Gasteiger partial charge < -0.3 is 5.32 Å². The van der Waals surface area contributed by atoms with Crippen molar-refractivity contribution in [1.29, 1.82) is 0 Å². The van der Waals surface area contributed by atoms with E-state index in [2.05, 4.69) is 35.4 Å². The summed E-state index contributed by atoms with van der Waals surface area (Å²) in [5.74, 6) is 0. The first-order chi connectivity index (χ1) is 8.66. The number of hydrogen-bond donors (Lipinski definition) is 2. The zero-order valence-electron chi connectivity index (χ0n) is 10.7. The van der Waals surface area contributed by atoms with Gasteiger partial charge in [0.15, 0.2) is 0 Å². The standard InChI is InChI=1S/C14H18ClN3/c1-10(9-12-5-3-4-6-13(12)15)17-11(2)14-7-8-16-18-14/h3-8,10-11,17H,9H2,1-2H3,(H,16,18). The van der Waals surface area contributed by atoms with Gasteiger partial charge in [-0.3, -0.25) is 5.10 Å². The molecule has 0 aliphatic heterocycles. The average Bonchev–Trinajstić information content (AvgIpc) is 2.85. The molecule has 96 valence electrons. The number of benzene rings is 1. The van der Waals surface area contributed by atoms with Gasteiger partial charge in [0, 0.05) is 23.3 Å². The Hall–Kier alpha value is -1.32. The highest BCUT2D eigenvalue weighted by Gasteiger charge is 2.11. The molecule has 2 N–H and O–H groups in total. The highest BCUT2D eigenvalue weighted by Crippen LogP contribution is 2.17. The van der Waals surface area contributed by atoms with Crippen LogP contribution >= 0.6 is 11.6 Å². The van der Waals surface area contributed by atoms with Gasteiger partial charge in [0.1, 0.15) is 0 Å². The third-order valence-corrected chi connectivity index (χ3v) is 3.38. The number of rotatable bonds is 5. The van der Waals surface area contributed by atoms with Gasteiger partial charge >= 0.3 is 0 Å². The molecule has 0 aliphatic rings. The van der Waals surface area contributed by atoms with Crippen molar-refractivity contribution < 1.29 is 0 Å². The van der Waals surface area contributed by atoms with Crippen LogP contribution in [-0.2, 0) is 6.42 Å². The predicted octanol–water partition coefficient (Wildman–Crippen LogP) is 3.34. The van der Waals surface area contributed by atoms with Gasteiger partial charge in [-0.05, 0) is 38.0 Å². The maximum atomic E-state index is 6.16. The second-order valence-corrected chi connectivity index (χ2v) is 5.00. The van der Waals surface area contributed by atoms with E-state index in [9.17, 15) is 0 Å². The molecule has 2 unspecified atom stereocenters. The molecular formula is C14H18ClN3. The summed E-state index contributed by atoms with van der Waals surface area (Å²) in [7, 11) is 0. The Balaban J connectivity index is 1.93. The number of aromatic nitrogens is 2. The van der Waals surface area contributed by atoms with E-state index in [1.54, 1.807) is 6.20 Å². The Morgan fingerprint density at radius 1 is 1.28 bits per heavy atom. The van der Waals surface area contributed by atoms with Crippen molar-refractivity contribution in [2.75, 3.05) is 0 Å². The van der Waals surface area contributed by atoms with Crippen molar-refractivity contribution >= 4 is 11.6 Å². The number of nitrogens with zero attached hydrogens (tertiary/aromatic N) is 1. The van der Waals surface area contributed by atoms with E-state index in [0.717, 1.165) is 17.1 Å². The van der Waals surface area contributed by atoms with Gasteiger partial charge in [-0.1, -0.05) is 29.8 Å². The SMILES string of the molecule is CC(Cc1ccccc1Cl)NC(C)c1ccn[nH]1. The predicted molar refractivity (Wildman–Crippen MR) is 74.8 cm³/mol. The van der Waals surface area contributed by atoms with Crippen LogP contribution in [0.5, 0.6) is 0 Å². The molecule has 0 saturated heterocycles. The first-order valence-corrected chi connectivity index (χ1v) is 6.53. The van der Waals surface area contributed by atoms with E-state index in [4.69, 9.17) is 11.6 Å². The Morgan fingerprint density at radius 2 is 2.06 bits per heavy atom. The van der Waals surface area contributed by atoms with Gasteiger partial charge in [-0.2, -0.15) is 5.10 Å². The van der Waals surface area contributed by atoms with Gasteiger partial charge in [-0.15, -0.1) is 0 Å². The first-order valence-electron chi connectivity index (χ1n) is 6.15. The van der Waals surface area contributed by atoms with Crippen molar-refractivity contribution in [2.24, 2.45) is 0 Å². The highest BCUT2D eigenvalue weighted by molar-refractivity contribution is 6.31. The van der Waals surface area contributed by atoms with Gasteiger partial charge in [0.25, 0.3) is 0 Å². The summed E-state index contributed by atoms with van der Waals surface area (Å²) in [5.41, 5.74) is 2.27. The van der Waals surface area contributed by atoms with Crippen LogP contribution < -0.4 is 5.32 Å². The minimum atomic E-state index is 0.255. The molecule has 3 nitrogen and oxygen atoms in total. The van der Waals surface area contributed by atoms with Crippen LogP contribution in [0, 0.1) is 0 Å². The lowest BCUT2D eigenvalue weighted by Crippen LogP contribution is -2.31. The molecule has 0 fully saturated rings. The summed E-state index contributed by atoms with van der Waals surface area (Å²) in [6, 6.07) is 10.6. The summed E-state index contributed by atoms with van der Waals surface area (Å²) >= 11 is 6.16. The molecule has 2 rings (SSSR count). The summed E-state index contributed by atoms with van der Waals surface area (Å²) in [4.78, 5) is 0. The molecule has 0 bridgehead atoms. The number of nitrogens with one attached hydrogen (secondary N) is 2. The zero-order valence-corrected chi connectivity index (χ0v) is 11.4. The molecule has 4 heteroatoms. The second kappa shape index (κ2) is 6.03. The largest absolute Gasteiger partial charge is 0.306 e. The third-order valence-electron chi connectivity index (χ3n) is 3.01. The molecule has 0 spiro atoms. The molecule has 1 heterocycles. The molecule has 2 atom stereocenters. The van der Waals surface area contributed by atoms with Crippen molar-refractivity contribution in [2.45, 2.75) is 32.4 Å². The minimum Gasteiger partial charge on any atom is -0.306 e. The van der Waals surface area contributed by atoms with Gasteiger partial charge in [0.2, 0.25) is 0 Å². The highest BCUT2D eigenvalue weighted by atomic mass is 35.5. The molecule has 18 heavy (non-hydrogen) atoms. The molecule has 0 amide bonds. The minimum absolute atomic E-state index is 0.255. The maximum absolute atomic E-state index is 6.16. The lowest BCUT2D eigenvalue weighted by atomic mass is 10.1. The number of hydrogen-bond acceptors (Lipinski definition) is 2. The molecular weight excluding hydrogens is 246 g/mol. The fourth-order valence-corrected chi connectivity index (χ4v) is 2.29. The molecule has 2 aromatic rings. The Kier molecular flexibility index (Phi) is 4.39. The van der Waals surface area contributed by atoms with Crippen molar-refractivity contribution in [3.63, 3.8) is 0 Å². The van der Waals surface area contributed by atoms with E-state index in [1.807, 2.05) is 24.3 Å². The van der Waals surface area contributed by atoms with Gasteiger partial charge in [-0.25, -0.2) is 0 Å². The molecule has 0 aliphatic carbocycles. The number of H-pyrrole nitrogens is 1. The second-order valence-electron chi connectivity index (χ2n) is 4.60. The zero-order chi connectivity index (χ0) is 13.0. The summed E-state index contributed by atoms with van der Waals surface area (Å²) in [5, 5.41) is 11.3. The molecule has 1 aromatic heterocycles. The van der Waals surface area contributed by atoms with Crippen molar-refractivity contribution in [3.05, 3.63) is 52.8 Å². The monoisotopic (exact) mass is 263 g/mol. The van der Waals surface area contributed by atoms with Crippen LogP contribution in [0.3, 0.4) is 0 Å². The molecule has 0 saturated carbocycles. The Labute approximate surface area is 113 Å². The smallest absolute Gasteiger partial charge is 0.0518 e. The van der Waals surface area contributed by atoms with Gasteiger partial charge in [0.05, 0.1) is 5.69 Å². The maximum Gasteiger partial charge on any atom is 0.0518 e. The van der Waals surface area contributed by atoms with Crippen LogP contribution in [0.15, 0.2) is 36.5 Å². The van der Waals surface area contributed by atoms with E-state index in [-0.39, 0.29) is 6.04 Å². The normalized spacial score (nSPS) is 14.4. The van der Waals surface area contributed by atoms with Crippen LogP contribution in [0.2, 0.25) is 5.02 Å². The lowest BCUT2D eigenvalue weighted by Gasteiger charge is -2.19. The topological polar surface area (TPSA) is 40.7 Å². The number of aromatic amines is 1. The molecule has 0 radical (unpaired) electrons. The first kappa shape index (κ1) is 13.1. The quantitative estimate of drug-likeness (QED) is 0.869. The van der Waals surface area contributed by atoms with Crippen molar-refractivity contribution in [1.82, 2.24) is 15.5 Å². The van der Waals surface area contributed by atoms with Crippen LogP contribution in [-0.4, -0.2) is 16.2 Å². The van der Waals surface area contributed by atoms with E-state index in [1.165, 1.54) is 5.56 Å². The fourth-order valence-electron chi connectivity index (χ4n) is 2.08. The van der Waals surface area contributed by atoms with E-state index in [0.29, 0.717) is 6.04 Å².